The van der Waals surface area contributed by atoms with E-state index in [-0.39, 0.29) is 5.92 Å². The second-order valence-corrected chi connectivity index (χ2v) is 10.9. The van der Waals surface area contributed by atoms with Gasteiger partial charge in [-0.15, -0.1) is 23.1 Å². The number of aliphatic imine (C=N–C) groups is 1. The van der Waals surface area contributed by atoms with Gasteiger partial charge >= 0.3 is 0 Å². The molecule has 4 atom stereocenters. The van der Waals surface area contributed by atoms with Crippen LogP contribution in [-0.4, -0.2) is 60.1 Å². The molecule has 2 fully saturated rings. The number of aliphatic hydroxyl groups is 1. The molecule has 12 heteroatoms. The highest BCUT2D eigenvalue weighted by Gasteiger charge is 2.43. The molecule has 3 aromatic heterocycles. The first kappa shape index (κ1) is 23.8. The van der Waals surface area contributed by atoms with Gasteiger partial charge in [-0.3, -0.25) is 5.41 Å². The van der Waals surface area contributed by atoms with Gasteiger partial charge in [0.2, 0.25) is 0 Å². The topological polar surface area (TPSA) is 155 Å². The van der Waals surface area contributed by atoms with Gasteiger partial charge in [-0.1, -0.05) is 6.58 Å². The van der Waals surface area contributed by atoms with E-state index in [9.17, 15) is 5.11 Å². The van der Waals surface area contributed by atoms with Crippen LogP contribution in [0.3, 0.4) is 0 Å². The van der Waals surface area contributed by atoms with Crippen molar-refractivity contribution >= 4 is 46.7 Å². The molecule has 0 radical (unpaired) electrons. The number of fused-ring (bicyclic) bond motifs is 3. The summed E-state index contributed by atoms with van der Waals surface area (Å²) in [5, 5.41) is 22.3. The minimum atomic E-state index is -0.624. The van der Waals surface area contributed by atoms with E-state index < -0.39 is 6.10 Å². The standard InChI is InChI=1S/C23H29N9OS2/c1-11(20(25)28-10-24)31-14-4-5-15(31)7-13(6-14)18-19(34-3)21(26)32-22(30-18)16(8-29-32)17-9-27-23(35-17)12(2)33/h8-10,12-15,33H,1,4-7,26H2,2-3H3,(H3,24,25,28)/t12?,13?,14-,15?/m0/s1. The van der Waals surface area contributed by atoms with Crippen LogP contribution in [-0.2, 0) is 0 Å². The first-order valence-corrected chi connectivity index (χ1v) is 13.5. The molecule has 0 aromatic carbocycles. The third kappa shape index (κ3) is 3.99. The molecule has 35 heavy (non-hydrogen) atoms. The monoisotopic (exact) mass is 511 g/mol. The molecule has 5 rings (SSSR count). The lowest BCUT2D eigenvalue weighted by Gasteiger charge is -2.41. The Morgan fingerprint density at radius 2 is 2.09 bits per heavy atom. The third-order valence-corrected chi connectivity index (χ3v) is 8.97. The van der Waals surface area contributed by atoms with Crippen molar-refractivity contribution in [1.29, 1.82) is 5.41 Å². The highest BCUT2D eigenvalue weighted by atomic mass is 32.2. The number of nitrogens with zero attached hydrogens (tertiary/aromatic N) is 6. The molecule has 6 N–H and O–H groups in total. The Hall–Kier alpha value is -2.96. The van der Waals surface area contributed by atoms with E-state index in [1.54, 1.807) is 35.6 Å². The van der Waals surface area contributed by atoms with Crippen LogP contribution in [0.2, 0.25) is 0 Å². The van der Waals surface area contributed by atoms with Gasteiger partial charge in [-0.05, 0) is 38.9 Å². The van der Waals surface area contributed by atoms with Crippen molar-refractivity contribution in [1.82, 2.24) is 24.5 Å². The predicted molar refractivity (Wildman–Crippen MR) is 141 cm³/mol. The molecule has 2 saturated heterocycles. The highest BCUT2D eigenvalue weighted by Crippen LogP contribution is 2.47. The van der Waals surface area contributed by atoms with Crippen LogP contribution in [0.4, 0.5) is 5.82 Å². The molecule has 0 amide bonds. The number of nitrogens with one attached hydrogen (secondary N) is 1. The van der Waals surface area contributed by atoms with Crippen LogP contribution in [0.15, 0.2) is 34.6 Å². The number of hydrogen-bond donors (Lipinski definition) is 4. The number of aliphatic hydroxyl groups excluding tert-OH is 1. The zero-order valence-corrected chi connectivity index (χ0v) is 21.3. The van der Waals surface area contributed by atoms with E-state index in [2.05, 4.69) is 26.6 Å². The van der Waals surface area contributed by atoms with E-state index >= 15 is 0 Å². The summed E-state index contributed by atoms with van der Waals surface area (Å²) in [6.45, 7) is 5.88. The van der Waals surface area contributed by atoms with Crippen LogP contribution >= 0.6 is 23.1 Å². The average molecular weight is 512 g/mol. The van der Waals surface area contributed by atoms with Crippen molar-refractivity contribution < 1.29 is 5.11 Å². The SMILES string of the molecule is C=C(C(N)=NC=N)N1C2CC[C@H]1CC(c1nc3c(-c4cnc(C(C)O)s4)cnn3c(N)c1SC)C2. The van der Waals surface area contributed by atoms with Crippen molar-refractivity contribution in [2.45, 2.75) is 61.6 Å². The number of aromatic nitrogens is 4. The maximum Gasteiger partial charge on any atom is 0.166 e. The smallest absolute Gasteiger partial charge is 0.166 e. The van der Waals surface area contributed by atoms with E-state index in [1.807, 2.05) is 6.26 Å². The van der Waals surface area contributed by atoms with Gasteiger partial charge in [-0.25, -0.2) is 15.0 Å². The molecular weight excluding hydrogens is 482 g/mol. The van der Waals surface area contributed by atoms with Crippen molar-refractivity contribution in [3.8, 4) is 10.4 Å². The summed E-state index contributed by atoms with van der Waals surface area (Å²) in [4.78, 5) is 17.6. The Labute approximate surface area is 211 Å². The van der Waals surface area contributed by atoms with Crippen LogP contribution < -0.4 is 11.5 Å². The number of amidine groups is 1. The number of thiazole rings is 1. The Balaban J connectivity index is 1.53. The minimum absolute atomic E-state index is 0.240. The largest absolute Gasteiger partial charge is 0.386 e. The molecule has 10 nitrogen and oxygen atoms in total. The second-order valence-electron chi connectivity index (χ2n) is 9.00. The molecule has 5 heterocycles. The van der Waals surface area contributed by atoms with E-state index in [4.69, 9.17) is 21.9 Å². The summed E-state index contributed by atoms with van der Waals surface area (Å²) in [6.07, 6.45) is 9.84. The normalized spacial score (nSPS) is 23.1. The summed E-state index contributed by atoms with van der Waals surface area (Å²) >= 11 is 3.03. The Kier molecular flexibility index (Phi) is 6.28. The molecule has 2 aliphatic rings. The van der Waals surface area contributed by atoms with Crippen molar-refractivity contribution in [3.63, 3.8) is 0 Å². The predicted octanol–water partition coefficient (Wildman–Crippen LogP) is 3.40. The van der Waals surface area contributed by atoms with Crippen LogP contribution in [0.25, 0.3) is 16.1 Å². The first-order chi connectivity index (χ1) is 16.8. The first-order valence-electron chi connectivity index (χ1n) is 11.5. The lowest BCUT2D eigenvalue weighted by Crippen LogP contribution is -2.44. The van der Waals surface area contributed by atoms with E-state index in [1.165, 1.54) is 11.3 Å². The molecule has 2 aliphatic heterocycles. The number of piperidine rings is 1. The van der Waals surface area contributed by atoms with E-state index in [0.717, 1.165) is 53.1 Å². The van der Waals surface area contributed by atoms with Crippen molar-refractivity contribution in [2.75, 3.05) is 12.0 Å². The lowest BCUT2D eigenvalue weighted by molar-refractivity contribution is 0.176. The third-order valence-electron chi connectivity index (χ3n) is 6.94. The van der Waals surface area contributed by atoms with Gasteiger partial charge in [0.05, 0.1) is 32.9 Å². The summed E-state index contributed by atoms with van der Waals surface area (Å²) in [5.74, 6) is 1.13. The Bertz CT molecular complexity index is 1310. The van der Waals surface area contributed by atoms with Crippen LogP contribution in [0, 0.1) is 5.41 Å². The molecule has 0 aliphatic carbocycles. The van der Waals surface area contributed by atoms with Crippen molar-refractivity contribution in [2.24, 2.45) is 10.7 Å². The number of nitrogens with two attached hydrogens (primary N) is 2. The maximum absolute atomic E-state index is 9.91. The van der Waals surface area contributed by atoms with E-state index in [0.29, 0.717) is 40.1 Å². The number of rotatable bonds is 7. The minimum Gasteiger partial charge on any atom is -0.386 e. The molecule has 0 saturated carbocycles. The number of nitrogen functional groups attached to an aromatic ring is 1. The summed E-state index contributed by atoms with van der Waals surface area (Å²) in [7, 11) is 0. The number of thioether (sulfide) groups is 1. The van der Waals surface area contributed by atoms with Gasteiger partial charge in [0.15, 0.2) is 5.65 Å². The number of hydrogen-bond acceptors (Lipinski definition) is 9. The van der Waals surface area contributed by atoms with Gasteiger partial charge in [0, 0.05) is 24.2 Å². The summed E-state index contributed by atoms with van der Waals surface area (Å²) in [5.41, 5.74) is 16.0. The summed E-state index contributed by atoms with van der Waals surface area (Å²) < 4.78 is 1.70. The molecule has 3 aromatic rings. The van der Waals surface area contributed by atoms with Crippen LogP contribution in [0.1, 0.15) is 55.3 Å². The Morgan fingerprint density at radius 1 is 1.37 bits per heavy atom. The second kappa shape index (κ2) is 9.25. The van der Waals surface area contributed by atoms with Crippen molar-refractivity contribution in [3.05, 3.63) is 35.4 Å². The maximum atomic E-state index is 9.91. The molecule has 2 bridgehead atoms. The fraction of sp³-hybridized carbons (Fsp3) is 0.435. The molecule has 3 unspecified atom stereocenters. The lowest BCUT2D eigenvalue weighted by atomic mass is 9.87. The Morgan fingerprint density at radius 3 is 2.69 bits per heavy atom. The van der Waals surface area contributed by atoms with Gasteiger partial charge in [-0.2, -0.15) is 9.61 Å². The molecule has 184 valence electrons. The fourth-order valence-electron chi connectivity index (χ4n) is 5.40. The molecular formula is C23H29N9OS2. The molecule has 0 spiro atoms. The zero-order valence-electron chi connectivity index (χ0n) is 19.7. The van der Waals surface area contributed by atoms with Crippen LogP contribution in [0.5, 0.6) is 0 Å². The van der Waals surface area contributed by atoms with Gasteiger partial charge in [0.1, 0.15) is 29.1 Å². The quantitative estimate of drug-likeness (QED) is 0.214. The van der Waals surface area contributed by atoms with Gasteiger partial charge < -0.3 is 21.5 Å². The zero-order chi connectivity index (χ0) is 24.9. The number of anilines is 1. The fourth-order valence-corrected chi connectivity index (χ4v) is 6.98. The van der Waals surface area contributed by atoms with Gasteiger partial charge in [0.25, 0.3) is 0 Å². The summed E-state index contributed by atoms with van der Waals surface area (Å²) in [6, 6.07) is 0.582. The average Bonchev–Trinajstić information content (AvgIpc) is 3.54. The highest BCUT2D eigenvalue weighted by molar-refractivity contribution is 7.98.